The summed E-state index contributed by atoms with van der Waals surface area (Å²) in [7, 11) is 0. The number of rotatable bonds is 5. The van der Waals surface area contributed by atoms with E-state index in [0.29, 0.717) is 41.7 Å². The van der Waals surface area contributed by atoms with Crippen LogP contribution in [0.15, 0.2) is 18.2 Å². The summed E-state index contributed by atoms with van der Waals surface area (Å²) in [6.45, 7) is 3.51. The number of hydrogen-bond acceptors (Lipinski definition) is 3. The standard InChI is InChI=1S/C16H21Cl2N3O2/c1-10(8-19)9-20-15(22)14-3-2-6-21(14)16(23)12-7-11(17)4-5-13(12)18/h4-5,7,10,14H,2-3,6,8-9,19H2,1H3,(H,20,22). The zero-order valence-corrected chi connectivity index (χ0v) is 14.5. The van der Waals surface area contributed by atoms with Gasteiger partial charge in [0.05, 0.1) is 10.6 Å². The number of amides is 2. The Bertz CT molecular complexity index is 595. The average Bonchev–Trinajstić information content (AvgIpc) is 3.03. The lowest BCUT2D eigenvalue weighted by molar-refractivity contribution is -0.125. The summed E-state index contributed by atoms with van der Waals surface area (Å²) in [5.41, 5.74) is 5.88. The minimum absolute atomic E-state index is 0.144. The molecule has 0 spiro atoms. The Balaban J connectivity index is 2.10. The van der Waals surface area contributed by atoms with Crippen molar-refractivity contribution in [2.75, 3.05) is 19.6 Å². The Labute approximate surface area is 146 Å². The number of nitrogens with one attached hydrogen (secondary N) is 1. The Hall–Kier alpha value is -1.30. The third-order valence-corrected chi connectivity index (χ3v) is 4.57. The van der Waals surface area contributed by atoms with E-state index < -0.39 is 6.04 Å². The Morgan fingerprint density at radius 2 is 2.17 bits per heavy atom. The van der Waals surface area contributed by atoms with E-state index in [2.05, 4.69) is 5.32 Å². The van der Waals surface area contributed by atoms with Crippen molar-refractivity contribution in [2.24, 2.45) is 11.7 Å². The smallest absolute Gasteiger partial charge is 0.256 e. The van der Waals surface area contributed by atoms with E-state index >= 15 is 0 Å². The molecule has 3 N–H and O–H groups in total. The topological polar surface area (TPSA) is 75.4 Å². The zero-order chi connectivity index (χ0) is 17.0. The van der Waals surface area contributed by atoms with Crippen LogP contribution in [-0.2, 0) is 4.79 Å². The van der Waals surface area contributed by atoms with Gasteiger partial charge in [0.15, 0.2) is 0 Å². The van der Waals surface area contributed by atoms with E-state index in [1.54, 1.807) is 17.0 Å². The molecule has 1 saturated heterocycles. The second kappa shape index (κ2) is 7.99. The van der Waals surface area contributed by atoms with Crippen LogP contribution < -0.4 is 11.1 Å². The number of halogens is 2. The van der Waals surface area contributed by atoms with Crippen molar-refractivity contribution in [3.63, 3.8) is 0 Å². The number of carbonyl (C=O) groups excluding carboxylic acids is 2. The molecule has 5 nitrogen and oxygen atoms in total. The van der Waals surface area contributed by atoms with Gasteiger partial charge in [-0.2, -0.15) is 0 Å². The average molecular weight is 358 g/mol. The summed E-state index contributed by atoms with van der Waals surface area (Å²) in [6.07, 6.45) is 1.43. The molecule has 126 valence electrons. The highest BCUT2D eigenvalue weighted by molar-refractivity contribution is 6.35. The zero-order valence-electron chi connectivity index (χ0n) is 13.0. The molecule has 2 rings (SSSR count). The van der Waals surface area contributed by atoms with Gasteiger partial charge in [-0.3, -0.25) is 9.59 Å². The van der Waals surface area contributed by atoms with Crippen LogP contribution in [-0.4, -0.2) is 42.4 Å². The lowest BCUT2D eigenvalue weighted by Crippen LogP contribution is -2.47. The highest BCUT2D eigenvalue weighted by atomic mass is 35.5. The fourth-order valence-corrected chi connectivity index (χ4v) is 2.94. The predicted octanol–water partition coefficient (Wildman–Crippen LogP) is 2.31. The van der Waals surface area contributed by atoms with E-state index in [-0.39, 0.29) is 17.7 Å². The van der Waals surface area contributed by atoms with E-state index in [9.17, 15) is 9.59 Å². The molecule has 0 radical (unpaired) electrons. The number of carbonyl (C=O) groups is 2. The SMILES string of the molecule is CC(CN)CNC(=O)C1CCCN1C(=O)c1cc(Cl)ccc1Cl. The number of benzene rings is 1. The van der Waals surface area contributed by atoms with Crippen LogP contribution in [0.1, 0.15) is 30.1 Å². The Morgan fingerprint density at radius 1 is 1.43 bits per heavy atom. The fraction of sp³-hybridized carbons (Fsp3) is 0.500. The molecule has 2 atom stereocenters. The summed E-state index contributed by atoms with van der Waals surface area (Å²) in [5, 5.41) is 3.64. The monoisotopic (exact) mass is 357 g/mol. The summed E-state index contributed by atoms with van der Waals surface area (Å²) in [5.74, 6) is -0.205. The lowest BCUT2D eigenvalue weighted by atomic mass is 10.1. The molecule has 1 fully saturated rings. The van der Waals surface area contributed by atoms with Crippen molar-refractivity contribution in [3.05, 3.63) is 33.8 Å². The van der Waals surface area contributed by atoms with Gasteiger partial charge in [-0.05, 0) is 43.5 Å². The van der Waals surface area contributed by atoms with Crippen LogP contribution in [0.3, 0.4) is 0 Å². The molecule has 1 aliphatic rings. The van der Waals surface area contributed by atoms with Crippen molar-refractivity contribution in [2.45, 2.75) is 25.8 Å². The third kappa shape index (κ3) is 4.37. The van der Waals surface area contributed by atoms with Gasteiger partial charge in [-0.15, -0.1) is 0 Å². The Morgan fingerprint density at radius 3 is 2.87 bits per heavy atom. The lowest BCUT2D eigenvalue weighted by Gasteiger charge is -2.25. The minimum atomic E-state index is -0.470. The van der Waals surface area contributed by atoms with Gasteiger partial charge in [0, 0.05) is 18.1 Å². The largest absolute Gasteiger partial charge is 0.354 e. The molecule has 7 heteroatoms. The minimum Gasteiger partial charge on any atom is -0.354 e. The molecule has 23 heavy (non-hydrogen) atoms. The number of nitrogens with two attached hydrogens (primary N) is 1. The summed E-state index contributed by atoms with van der Waals surface area (Å²) in [6, 6.07) is 4.28. The van der Waals surface area contributed by atoms with Crippen LogP contribution in [0.5, 0.6) is 0 Å². The normalized spacial score (nSPS) is 18.8. The maximum absolute atomic E-state index is 12.7. The molecule has 1 aromatic rings. The molecule has 1 aliphatic heterocycles. The van der Waals surface area contributed by atoms with Crippen molar-refractivity contribution < 1.29 is 9.59 Å². The van der Waals surface area contributed by atoms with Gasteiger partial charge in [-0.25, -0.2) is 0 Å². The van der Waals surface area contributed by atoms with Crippen LogP contribution >= 0.6 is 23.2 Å². The highest BCUT2D eigenvalue weighted by Crippen LogP contribution is 2.26. The summed E-state index contributed by atoms with van der Waals surface area (Å²) >= 11 is 12.0. The second-order valence-corrected chi connectivity index (χ2v) is 6.71. The molecule has 1 aromatic carbocycles. The van der Waals surface area contributed by atoms with E-state index in [1.807, 2.05) is 6.92 Å². The van der Waals surface area contributed by atoms with Gasteiger partial charge in [0.25, 0.3) is 5.91 Å². The first kappa shape index (κ1) is 18.0. The molecule has 0 bridgehead atoms. The number of likely N-dealkylation sites (tertiary alicyclic amines) is 1. The van der Waals surface area contributed by atoms with Crippen LogP contribution in [0, 0.1) is 5.92 Å². The molecule has 0 saturated carbocycles. The predicted molar refractivity (Wildman–Crippen MR) is 91.7 cm³/mol. The first-order valence-electron chi connectivity index (χ1n) is 7.67. The Kier molecular flexibility index (Phi) is 6.27. The van der Waals surface area contributed by atoms with Crippen LogP contribution in [0.4, 0.5) is 0 Å². The molecule has 2 unspecified atom stereocenters. The maximum atomic E-state index is 12.7. The van der Waals surface area contributed by atoms with E-state index in [4.69, 9.17) is 28.9 Å². The molecular formula is C16H21Cl2N3O2. The molecular weight excluding hydrogens is 337 g/mol. The van der Waals surface area contributed by atoms with Crippen molar-refractivity contribution in [3.8, 4) is 0 Å². The second-order valence-electron chi connectivity index (χ2n) is 5.87. The quantitative estimate of drug-likeness (QED) is 0.848. The first-order valence-corrected chi connectivity index (χ1v) is 8.43. The third-order valence-electron chi connectivity index (χ3n) is 4.00. The van der Waals surface area contributed by atoms with Crippen molar-refractivity contribution >= 4 is 35.0 Å². The fourth-order valence-electron chi connectivity index (χ4n) is 2.57. The van der Waals surface area contributed by atoms with E-state index in [0.717, 1.165) is 6.42 Å². The van der Waals surface area contributed by atoms with Crippen molar-refractivity contribution in [1.29, 1.82) is 0 Å². The van der Waals surface area contributed by atoms with E-state index in [1.165, 1.54) is 6.07 Å². The van der Waals surface area contributed by atoms with Gasteiger partial charge >= 0.3 is 0 Å². The highest BCUT2D eigenvalue weighted by Gasteiger charge is 2.35. The first-order chi connectivity index (χ1) is 10.9. The number of hydrogen-bond donors (Lipinski definition) is 2. The molecule has 2 amide bonds. The van der Waals surface area contributed by atoms with Gasteiger partial charge in [0.1, 0.15) is 6.04 Å². The van der Waals surface area contributed by atoms with Crippen LogP contribution in [0.25, 0.3) is 0 Å². The van der Waals surface area contributed by atoms with Crippen LogP contribution in [0.2, 0.25) is 10.0 Å². The summed E-state index contributed by atoms with van der Waals surface area (Å²) < 4.78 is 0. The molecule has 0 aromatic heterocycles. The summed E-state index contributed by atoms with van der Waals surface area (Å²) in [4.78, 5) is 26.6. The van der Waals surface area contributed by atoms with Crippen molar-refractivity contribution in [1.82, 2.24) is 10.2 Å². The maximum Gasteiger partial charge on any atom is 0.256 e. The number of nitrogens with zero attached hydrogens (tertiary/aromatic N) is 1. The van der Waals surface area contributed by atoms with Gasteiger partial charge in [-0.1, -0.05) is 30.1 Å². The van der Waals surface area contributed by atoms with Gasteiger partial charge in [0.2, 0.25) is 5.91 Å². The molecule has 0 aliphatic carbocycles. The molecule has 1 heterocycles. The van der Waals surface area contributed by atoms with Gasteiger partial charge < -0.3 is 16.0 Å².